The zero-order valence-corrected chi connectivity index (χ0v) is 18.2. The van der Waals surface area contributed by atoms with Crippen molar-refractivity contribution in [2.24, 2.45) is 5.73 Å². The van der Waals surface area contributed by atoms with E-state index in [-0.39, 0.29) is 23.4 Å². The van der Waals surface area contributed by atoms with Gasteiger partial charge in [-0.2, -0.15) is 0 Å². The molecule has 3 N–H and O–H groups in total. The van der Waals surface area contributed by atoms with E-state index in [1.165, 1.54) is 5.56 Å². The summed E-state index contributed by atoms with van der Waals surface area (Å²) in [7, 11) is 0. The highest BCUT2D eigenvalue weighted by Gasteiger charge is 2.42. The Bertz CT molecular complexity index is 904. The molecule has 1 fully saturated rings. The minimum absolute atomic E-state index is 0.0545. The highest BCUT2D eigenvalue weighted by molar-refractivity contribution is 6.32. The number of nitrogens with one attached hydrogen (secondary N) is 1. The van der Waals surface area contributed by atoms with Crippen molar-refractivity contribution in [3.05, 3.63) is 70.1 Å². The lowest BCUT2D eigenvalue weighted by Gasteiger charge is -2.45. The molecule has 2 aromatic rings. The van der Waals surface area contributed by atoms with E-state index in [1.54, 1.807) is 12.1 Å². The van der Waals surface area contributed by atoms with Gasteiger partial charge in [-0.25, -0.2) is 4.39 Å². The molecule has 0 spiro atoms. The van der Waals surface area contributed by atoms with E-state index in [0.717, 1.165) is 61.9 Å². The van der Waals surface area contributed by atoms with Gasteiger partial charge >= 0.3 is 0 Å². The highest BCUT2D eigenvalue weighted by atomic mass is 35.5. The molecule has 2 aromatic carbocycles. The summed E-state index contributed by atoms with van der Waals surface area (Å²) < 4.78 is 19.9. The van der Waals surface area contributed by atoms with Crippen LogP contribution >= 0.6 is 11.6 Å². The smallest absolute Gasteiger partial charge is 0.138 e. The number of ether oxygens (including phenoxy) is 1. The van der Waals surface area contributed by atoms with Crippen LogP contribution in [0.4, 0.5) is 4.39 Å². The van der Waals surface area contributed by atoms with E-state index in [9.17, 15) is 4.39 Å². The molecule has 0 unspecified atom stereocenters. The van der Waals surface area contributed by atoms with Gasteiger partial charge in [0, 0.05) is 18.0 Å². The molecule has 4 rings (SSSR count). The van der Waals surface area contributed by atoms with Crippen molar-refractivity contribution in [2.75, 3.05) is 0 Å². The Labute approximate surface area is 183 Å². The molecule has 1 aliphatic heterocycles. The third kappa shape index (κ3) is 4.21. The van der Waals surface area contributed by atoms with Crippen molar-refractivity contribution in [1.82, 2.24) is 5.32 Å². The molecule has 160 valence electrons. The number of rotatable bonds is 6. The maximum absolute atomic E-state index is 13.5. The van der Waals surface area contributed by atoms with E-state index >= 15 is 0 Å². The van der Waals surface area contributed by atoms with Crippen LogP contribution in [-0.4, -0.2) is 12.1 Å². The van der Waals surface area contributed by atoms with Gasteiger partial charge in [-0.1, -0.05) is 37.1 Å². The summed E-state index contributed by atoms with van der Waals surface area (Å²) in [5, 5.41) is 3.86. The quantitative estimate of drug-likeness (QED) is 0.598. The van der Waals surface area contributed by atoms with Crippen molar-refractivity contribution in [1.29, 1.82) is 0 Å². The lowest BCUT2D eigenvalue weighted by molar-refractivity contribution is 0.102. The monoisotopic (exact) mass is 428 g/mol. The van der Waals surface area contributed by atoms with Crippen LogP contribution in [-0.2, 0) is 12.0 Å². The van der Waals surface area contributed by atoms with Gasteiger partial charge in [0.05, 0.1) is 11.1 Å². The van der Waals surface area contributed by atoms with Gasteiger partial charge < -0.3 is 15.8 Å². The number of hydrogen-bond donors (Lipinski definition) is 2. The molecule has 1 heterocycles. The molecule has 1 atom stereocenters. The highest BCUT2D eigenvalue weighted by Crippen LogP contribution is 2.44. The molecule has 2 aliphatic rings. The second-order valence-electron chi connectivity index (χ2n) is 8.57. The Kier molecular flexibility index (Phi) is 6.35. The van der Waals surface area contributed by atoms with Crippen molar-refractivity contribution < 1.29 is 9.13 Å². The topological polar surface area (TPSA) is 47.3 Å². The minimum Gasteiger partial charge on any atom is -0.489 e. The van der Waals surface area contributed by atoms with Gasteiger partial charge in [0.25, 0.3) is 0 Å². The SMILES string of the molecule is CCC[C@H](N)[C@]1(c2ccc(F)cc2)CC[C@H](Oc2cc3c(cc2Cl)CNC=C3)CC1. The predicted molar refractivity (Wildman–Crippen MR) is 121 cm³/mol. The first-order valence-corrected chi connectivity index (χ1v) is 11.3. The molecule has 3 nitrogen and oxygen atoms in total. The van der Waals surface area contributed by atoms with Crippen LogP contribution in [0.25, 0.3) is 6.08 Å². The number of benzene rings is 2. The van der Waals surface area contributed by atoms with Crippen molar-refractivity contribution in [3.8, 4) is 5.75 Å². The van der Waals surface area contributed by atoms with E-state index in [2.05, 4.69) is 12.2 Å². The Balaban J connectivity index is 1.51. The van der Waals surface area contributed by atoms with E-state index < -0.39 is 0 Å². The average Bonchev–Trinajstić information content (AvgIpc) is 2.75. The standard InChI is InChI=1S/C25H30ClFN2O/c1-2-3-24(28)25(19-4-6-20(27)7-5-19)11-8-21(9-12-25)30-23-15-17-10-13-29-16-18(17)14-22(23)26/h4-7,10,13-15,21,24,29H,2-3,8-9,11-12,16,28H2,1H3/t21-,24-,25+/m0/s1. The van der Waals surface area contributed by atoms with Crippen LogP contribution in [0, 0.1) is 5.82 Å². The maximum Gasteiger partial charge on any atom is 0.138 e. The lowest BCUT2D eigenvalue weighted by Crippen LogP contribution is -2.49. The molecule has 5 heteroatoms. The third-order valence-electron chi connectivity index (χ3n) is 6.71. The fourth-order valence-corrected chi connectivity index (χ4v) is 5.20. The third-order valence-corrected chi connectivity index (χ3v) is 7.01. The summed E-state index contributed by atoms with van der Waals surface area (Å²) in [6, 6.07) is 11.0. The summed E-state index contributed by atoms with van der Waals surface area (Å²) in [4.78, 5) is 0. The molecule has 1 aliphatic carbocycles. The maximum atomic E-state index is 13.5. The van der Waals surface area contributed by atoms with Crippen LogP contribution in [0.15, 0.2) is 42.6 Å². The number of halogens is 2. The molecule has 0 amide bonds. The second-order valence-corrected chi connectivity index (χ2v) is 8.98. The van der Waals surface area contributed by atoms with E-state index in [1.807, 2.05) is 36.5 Å². The van der Waals surface area contributed by atoms with Gasteiger partial charge in [0.15, 0.2) is 0 Å². The Hall–Kier alpha value is -2.04. The summed E-state index contributed by atoms with van der Waals surface area (Å²) in [6.45, 7) is 2.94. The number of fused-ring (bicyclic) bond motifs is 1. The Morgan fingerprint density at radius 2 is 1.97 bits per heavy atom. The molecular formula is C25H30ClFN2O. The molecular weight excluding hydrogens is 399 g/mol. The fourth-order valence-electron chi connectivity index (χ4n) is 4.97. The summed E-state index contributed by atoms with van der Waals surface area (Å²) in [6.07, 6.45) is 9.76. The van der Waals surface area contributed by atoms with Crippen LogP contribution < -0.4 is 15.8 Å². The Morgan fingerprint density at radius 3 is 2.67 bits per heavy atom. The number of hydrogen-bond acceptors (Lipinski definition) is 3. The van der Waals surface area contributed by atoms with Gasteiger partial charge in [-0.15, -0.1) is 0 Å². The minimum atomic E-state index is -0.207. The van der Waals surface area contributed by atoms with Crippen LogP contribution in [0.2, 0.25) is 5.02 Å². The van der Waals surface area contributed by atoms with E-state index in [4.69, 9.17) is 22.1 Å². The number of nitrogens with two attached hydrogens (primary N) is 1. The van der Waals surface area contributed by atoms with Gasteiger partial charge in [-0.3, -0.25) is 0 Å². The molecule has 30 heavy (non-hydrogen) atoms. The van der Waals surface area contributed by atoms with Gasteiger partial charge in [-0.05, 0) is 85.3 Å². The fraction of sp³-hybridized carbons (Fsp3) is 0.440. The average molecular weight is 429 g/mol. The molecule has 1 saturated carbocycles. The van der Waals surface area contributed by atoms with E-state index in [0.29, 0.717) is 5.02 Å². The first-order chi connectivity index (χ1) is 14.5. The molecule has 0 bridgehead atoms. The first kappa shape index (κ1) is 21.2. The van der Waals surface area contributed by atoms with Crippen molar-refractivity contribution in [3.63, 3.8) is 0 Å². The van der Waals surface area contributed by atoms with Crippen molar-refractivity contribution >= 4 is 17.7 Å². The second kappa shape index (κ2) is 8.99. The van der Waals surface area contributed by atoms with Gasteiger partial charge in [0.1, 0.15) is 11.6 Å². The predicted octanol–water partition coefficient (Wildman–Crippen LogP) is 5.94. The lowest BCUT2D eigenvalue weighted by atomic mass is 9.63. The zero-order chi connectivity index (χ0) is 21.1. The molecule has 0 aromatic heterocycles. The van der Waals surface area contributed by atoms with Gasteiger partial charge in [0.2, 0.25) is 0 Å². The Morgan fingerprint density at radius 1 is 1.23 bits per heavy atom. The van der Waals surface area contributed by atoms with Crippen LogP contribution in [0.5, 0.6) is 5.75 Å². The normalized spacial score (nSPS) is 24.1. The summed E-state index contributed by atoms with van der Waals surface area (Å²) in [5.41, 5.74) is 10.0. The largest absolute Gasteiger partial charge is 0.489 e. The van der Waals surface area contributed by atoms with Crippen molar-refractivity contribution in [2.45, 2.75) is 69.6 Å². The van der Waals surface area contributed by atoms with Crippen LogP contribution in [0.3, 0.4) is 0 Å². The first-order valence-electron chi connectivity index (χ1n) is 10.9. The van der Waals surface area contributed by atoms with Crippen LogP contribution in [0.1, 0.15) is 62.1 Å². The molecule has 0 radical (unpaired) electrons. The summed E-state index contributed by atoms with van der Waals surface area (Å²) >= 11 is 6.51. The summed E-state index contributed by atoms with van der Waals surface area (Å²) in [5.74, 6) is 0.542. The zero-order valence-electron chi connectivity index (χ0n) is 17.5. The molecule has 0 saturated heterocycles.